The van der Waals surface area contributed by atoms with Crippen molar-refractivity contribution >= 4 is 5.91 Å². The van der Waals surface area contributed by atoms with Gasteiger partial charge in [-0.05, 0) is 19.1 Å². The Bertz CT molecular complexity index is 420. The fraction of sp³-hybridized carbons (Fsp3) is 0.500. The van der Waals surface area contributed by atoms with Gasteiger partial charge in [0.1, 0.15) is 11.7 Å². The Kier molecular flexibility index (Phi) is 3.28. The maximum Gasteiger partial charge on any atom is 0.259 e. The molecule has 0 fully saturated rings. The van der Waals surface area contributed by atoms with E-state index in [2.05, 4.69) is 4.98 Å². The molecule has 5 heteroatoms. The van der Waals surface area contributed by atoms with Crippen LogP contribution in [0.1, 0.15) is 23.7 Å². The van der Waals surface area contributed by atoms with Crippen molar-refractivity contribution in [1.82, 2.24) is 9.88 Å². The lowest BCUT2D eigenvalue weighted by Gasteiger charge is -2.21. The van der Waals surface area contributed by atoms with Crippen molar-refractivity contribution in [3.05, 3.63) is 23.9 Å². The fourth-order valence-corrected chi connectivity index (χ4v) is 1.97. The molecule has 2 rings (SSSR count). The summed E-state index contributed by atoms with van der Waals surface area (Å²) >= 11 is 0. The maximum absolute atomic E-state index is 12.0. The van der Waals surface area contributed by atoms with Gasteiger partial charge in [-0.2, -0.15) is 0 Å². The molecule has 5 nitrogen and oxygen atoms in total. The minimum Gasteiger partial charge on any atom is -0.472 e. The van der Waals surface area contributed by atoms with Crippen LogP contribution in [0.2, 0.25) is 0 Å². The summed E-state index contributed by atoms with van der Waals surface area (Å²) in [5, 5.41) is 0. The van der Waals surface area contributed by atoms with Gasteiger partial charge >= 0.3 is 0 Å². The van der Waals surface area contributed by atoms with Gasteiger partial charge in [-0.1, -0.05) is 0 Å². The normalized spacial score (nSPS) is 21.5. The molecule has 0 aliphatic carbocycles. The summed E-state index contributed by atoms with van der Waals surface area (Å²) in [5.41, 5.74) is 6.29. The number of aromatic nitrogens is 1. The highest BCUT2D eigenvalue weighted by Gasteiger charge is 2.27. The molecule has 0 radical (unpaired) electrons. The van der Waals surface area contributed by atoms with Gasteiger partial charge < -0.3 is 15.4 Å². The van der Waals surface area contributed by atoms with Crippen LogP contribution in [0.15, 0.2) is 18.3 Å². The first-order valence-corrected chi connectivity index (χ1v) is 5.70. The number of carbonyl (C=O) groups is 1. The maximum atomic E-state index is 12.0. The van der Waals surface area contributed by atoms with E-state index in [0.29, 0.717) is 24.4 Å². The summed E-state index contributed by atoms with van der Waals surface area (Å²) in [6.07, 6.45) is 2.23. The molecule has 0 saturated carbocycles. The molecule has 1 aromatic heterocycles. The molecule has 2 heterocycles. The molecule has 1 aliphatic rings. The highest BCUT2D eigenvalue weighted by Crippen LogP contribution is 2.22. The molecule has 2 N–H and O–H groups in total. The van der Waals surface area contributed by atoms with Crippen LogP contribution in [0.5, 0.6) is 5.88 Å². The van der Waals surface area contributed by atoms with E-state index in [-0.39, 0.29) is 18.1 Å². The van der Waals surface area contributed by atoms with Crippen LogP contribution in [0.25, 0.3) is 0 Å². The van der Waals surface area contributed by atoms with Crippen LogP contribution >= 0.6 is 0 Å². The first kappa shape index (κ1) is 11.9. The van der Waals surface area contributed by atoms with E-state index in [1.165, 1.54) is 0 Å². The van der Waals surface area contributed by atoms with E-state index >= 15 is 0 Å². The van der Waals surface area contributed by atoms with Crippen LogP contribution in [0, 0.1) is 0 Å². The molecule has 1 amide bonds. The Balaban J connectivity index is 2.29. The smallest absolute Gasteiger partial charge is 0.259 e. The molecule has 0 bridgehead atoms. The zero-order chi connectivity index (χ0) is 12.4. The van der Waals surface area contributed by atoms with Crippen molar-refractivity contribution in [2.24, 2.45) is 5.73 Å². The quantitative estimate of drug-likeness (QED) is 0.817. The second kappa shape index (κ2) is 4.71. The molecule has 1 aliphatic heterocycles. The molecule has 0 spiro atoms. The molecule has 92 valence electrons. The summed E-state index contributed by atoms with van der Waals surface area (Å²) in [5.74, 6) is 0.354. The van der Waals surface area contributed by atoms with Crippen molar-refractivity contribution in [1.29, 1.82) is 0 Å². The lowest BCUT2D eigenvalue weighted by atomic mass is 10.1. The standard InChI is InChI=1S/C12H17N3O2/c1-8(13)6-9-7-15(2)12(16)10-4-3-5-14-11(10)17-9/h3-5,8-9H,6-7,13H2,1-2H3. The number of likely N-dealkylation sites (N-methyl/N-ethyl adjacent to an activating group) is 1. The Labute approximate surface area is 101 Å². The van der Waals surface area contributed by atoms with Crippen LogP contribution < -0.4 is 10.5 Å². The molecule has 1 aromatic rings. The lowest BCUT2D eigenvalue weighted by molar-refractivity contribution is 0.0750. The summed E-state index contributed by atoms with van der Waals surface area (Å²) in [6.45, 7) is 2.46. The zero-order valence-corrected chi connectivity index (χ0v) is 10.1. The Hall–Kier alpha value is -1.62. The highest BCUT2D eigenvalue weighted by molar-refractivity contribution is 5.96. The first-order chi connectivity index (χ1) is 8.08. The van der Waals surface area contributed by atoms with Gasteiger partial charge in [0.15, 0.2) is 0 Å². The van der Waals surface area contributed by atoms with Gasteiger partial charge in [0.2, 0.25) is 5.88 Å². The molecule has 2 unspecified atom stereocenters. The van der Waals surface area contributed by atoms with Gasteiger partial charge in [-0.15, -0.1) is 0 Å². The number of ether oxygens (including phenoxy) is 1. The van der Waals surface area contributed by atoms with Gasteiger partial charge in [0.25, 0.3) is 5.91 Å². The van der Waals surface area contributed by atoms with Crippen LogP contribution in [0.3, 0.4) is 0 Å². The van der Waals surface area contributed by atoms with Crippen molar-refractivity contribution in [2.75, 3.05) is 13.6 Å². The number of nitrogens with zero attached hydrogens (tertiary/aromatic N) is 2. The largest absolute Gasteiger partial charge is 0.472 e. The van der Waals surface area contributed by atoms with Gasteiger partial charge in [0.05, 0.1) is 6.54 Å². The van der Waals surface area contributed by atoms with E-state index in [4.69, 9.17) is 10.5 Å². The van der Waals surface area contributed by atoms with E-state index in [1.54, 1.807) is 30.3 Å². The van der Waals surface area contributed by atoms with Gasteiger partial charge in [-0.3, -0.25) is 4.79 Å². The van der Waals surface area contributed by atoms with E-state index in [0.717, 1.165) is 0 Å². The Morgan fingerprint density at radius 3 is 3.18 bits per heavy atom. The van der Waals surface area contributed by atoms with Crippen LogP contribution in [0.4, 0.5) is 0 Å². The fourth-order valence-electron chi connectivity index (χ4n) is 1.97. The third-order valence-electron chi connectivity index (χ3n) is 2.74. The Morgan fingerprint density at radius 2 is 2.47 bits per heavy atom. The summed E-state index contributed by atoms with van der Waals surface area (Å²) in [4.78, 5) is 17.8. The van der Waals surface area contributed by atoms with Crippen molar-refractivity contribution < 1.29 is 9.53 Å². The van der Waals surface area contributed by atoms with E-state index in [1.807, 2.05) is 6.92 Å². The number of pyridine rings is 1. The molecule has 0 saturated heterocycles. The second-order valence-electron chi connectivity index (χ2n) is 4.49. The number of amides is 1. The zero-order valence-electron chi connectivity index (χ0n) is 10.1. The van der Waals surface area contributed by atoms with Crippen LogP contribution in [-0.4, -0.2) is 41.5 Å². The number of hydrogen-bond donors (Lipinski definition) is 1. The first-order valence-electron chi connectivity index (χ1n) is 5.70. The highest BCUT2D eigenvalue weighted by atomic mass is 16.5. The summed E-state index contributed by atoms with van der Waals surface area (Å²) in [7, 11) is 1.77. The van der Waals surface area contributed by atoms with Crippen molar-refractivity contribution in [2.45, 2.75) is 25.5 Å². The lowest BCUT2D eigenvalue weighted by Crippen LogP contribution is -2.37. The van der Waals surface area contributed by atoms with Crippen molar-refractivity contribution in [3.8, 4) is 5.88 Å². The number of fused-ring (bicyclic) bond motifs is 1. The third kappa shape index (κ3) is 2.55. The number of rotatable bonds is 2. The topological polar surface area (TPSA) is 68.5 Å². The number of hydrogen-bond acceptors (Lipinski definition) is 4. The summed E-state index contributed by atoms with van der Waals surface area (Å²) in [6, 6.07) is 3.50. The SMILES string of the molecule is CC(N)CC1CN(C)C(=O)c2cccnc2O1. The second-order valence-corrected chi connectivity index (χ2v) is 4.49. The molecule has 0 aromatic carbocycles. The average Bonchev–Trinajstić information content (AvgIpc) is 2.37. The minimum absolute atomic E-state index is 0.0359. The predicted molar refractivity (Wildman–Crippen MR) is 63.9 cm³/mol. The monoisotopic (exact) mass is 235 g/mol. The predicted octanol–water partition coefficient (Wildman–Crippen LogP) is 0.652. The number of nitrogens with two attached hydrogens (primary N) is 1. The Morgan fingerprint density at radius 1 is 1.71 bits per heavy atom. The van der Waals surface area contributed by atoms with E-state index < -0.39 is 0 Å². The van der Waals surface area contributed by atoms with E-state index in [9.17, 15) is 4.79 Å². The van der Waals surface area contributed by atoms with Crippen LogP contribution in [-0.2, 0) is 0 Å². The van der Waals surface area contributed by atoms with Gasteiger partial charge in [0, 0.05) is 25.7 Å². The molecular formula is C12H17N3O2. The molecule has 2 atom stereocenters. The average molecular weight is 235 g/mol. The molecule has 17 heavy (non-hydrogen) atoms. The van der Waals surface area contributed by atoms with Gasteiger partial charge in [-0.25, -0.2) is 4.98 Å². The molecular weight excluding hydrogens is 218 g/mol. The third-order valence-corrected chi connectivity index (χ3v) is 2.74. The number of carbonyl (C=O) groups excluding carboxylic acids is 1. The minimum atomic E-state index is -0.0971. The summed E-state index contributed by atoms with van der Waals surface area (Å²) < 4.78 is 5.75. The van der Waals surface area contributed by atoms with Crippen molar-refractivity contribution in [3.63, 3.8) is 0 Å².